The van der Waals surface area contributed by atoms with E-state index in [2.05, 4.69) is 9.97 Å². The standard InChI is InChI=1S/C13H9N3O4/c1-6-4-9(10(15-6)13(19)20)16-11(17)7-2-3-14-5-8(7)12(16)18/h2-5,15H,1H3,(H,19,20). The van der Waals surface area contributed by atoms with E-state index in [0.29, 0.717) is 5.69 Å². The van der Waals surface area contributed by atoms with E-state index in [1.807, 2.05) is 0 Å². The summed E-state index contributed by atoms with van der Waals surface area (Å²) in [6, 6.07) is 2.90. The number of carboxylic acid groups (broad SMARTS) is 1. The molecule has 7 nitrogen and oxygen atoms in total. The maximum Gasteiger partial charge on any atom is 0.354 e. The molecule has 1 aliphatic heterocycles. The second-order valence-corrected chi connectivity index (χ2v) is 4.38. The summed E-state index contributed by atoms with van der Waals surface area (Å²) in [5.41, 5.74) is 0.797. The first-order chi connectivity index (χ1) is 9.50. The minimum absolute atomic E-state index is 0.0428. The molecule has 2 aromatic rings. The third kappa shape index (κ3) is 1.53. The number of imide groups is 1. The fourth-order valence-electron chi connectivity index (χ4n) is 2.22. The number of nitrogens with zero attached hydrogens (tertiary/aromatic N) is 2. The van der Waals surface area contributed by atoms with Crippen molar-refractivity contribution in [2.24, 2.45) is 0 Å². The number of aromatic nitrogens is 2. The fourth-order valence-corrected chi connectivity index (χ4v) is 2.22. The molecule has 2 N–H and O–H groups in total. The summed E-state index contributed by atoms with van der Waals surface area (Å²) < 4.78 is 0. The Bertz CT molecular complexity index is 728. The molecule has 0 saturated heterocycles. The number of aromatic amines is 1. The van der Waals surface area contributed by atoms with E-state index in [4.69, 9.17) is 5.11 Å². The Morgan fingerprint density at radius 2 is 2.00 bits per heavy atom. The summed E-state index contributed by atoms with van der Waals surface area (Å²) in [7, 11) is 0. The highest BCUT2D eigenvalue weighted by atomic mass is 16.4. The van der Waals surface area contributed by atoms with E-state index in [1.54, 1.807) is 6.92 Å². The Morgan fingerprint density at radius 1 is 1.30 bits per heavy atom. The van der Waals surface area contributed by atoms with Crippen molar-refractivity contribution >= 4 is 23.5 Å². The number of fused-ring (bicyclic) bond motifs is 1. The van der Waals surface area contributed by atoms with E-state index in [1.165, 1.54) is 24.5 Å². The van der Waals surface area contributed by atoms with E-state index in [-0.39, 0.29) is 22.5 Å². The molecule has 0 radical (unpaired) electrons. The van der Waals surface area contributed by atoms with Gasteiger partial charge >= 0.3 is 5.97 Å². The van der Waals surface area contributed by atoms with E-state index < -0.39 is 17.8 Å². The Hall–Kier alpha value is -2.96. The molecule has 0 atom stereocenters. The summed E-state index contributed by atoms with van der Waals surface area (Å²) >= 11 is 0. The first-order valence-electron chi connectivity index (χ1n) is 5.76. The summed E-state index contributed by atoms with van der Waals surface area (Å²) in [6.07, 6.45) is 2.71. The molecule has 100 valence electrons. The molecular weight excluding hydrogens is 262 g/mol. The largest absolute Gasteiger partial charge is 0.477 e. The van der Waals surface area contributed by atoms with Gasteiger partial charge in [0.25, 0.3) is 11.8 Å². The number of hydrogen-bond donors (Lipinski definition) is 2. The van der Waals surface area contributed by atoms with Crippen molar-refractivity contribution < 1.29 is 19.5 Å². The molecule has 20 heavy (non-hydrogen) atoms. The number of carboxylic acids is 1. The monoisotopic (exact) mass is 271 g/mol. The summed E-state index contributed by atoms with van der Waals surface area (Å²) in [5, 5.41) is 9.14. The van der Waals surface area contributed by atoms with Crippen LogP contribution in [-0.4, -0.2) is 32.9 Å². The van der Waals surface area contributed by atoms with Crippen molar-refractivity contribution in [3.05, 3.63) is 47.0 Å². The maximum atomic E-state index is 12.3. The van der Waals surface area contributed by atoms with Crippen LogP contribution < -0.4 is 4.90 Å². The van der Waals surface area contributed by atoms with Crippen molar-refractivity contribution in [3.8, 4) is 0 Å². The van der Waals surface area contributed by atoms with Crippen molar-refractivity contribution in [1.82, 2.24) is 9.97 Å². The molecule has 2 amide bonds. The van der Waals surface area contributed by atoms with Crippen molar-refractivity contribution in [1.29, 1.82) is 0 Å². The second kappa shape index (κ2) is 4.02. The molecule has 3 rings (SSSR count). The van der Waals surface area contributed by atoms with Gasteiger partial charge in [-0.15, -0.1) is 0 Å². The Kier molecular flexibility index (Phi) is 2.43. The fraction of sp³-hybridized carbons (Fsp3) is 0.0769. The van der Waals surface area contributed by atoms with Gasteiger partial charge in [0, 0.05) is 18.1 Å². The Morgan fingerprint density at radius 3 is 2.65 bits per heavy atom. The average molecular weight is 271 g/mol. The number of amides is 2. The van der Waals surface area contributed by atoms with Crippen LogP contribution in [0.4, 0.5) is 5.69 Å². The zero-order chi connectivity index (χ0) is 14.4. The molecule has 0 fully saturated rings. The smallest absolute Gasteiger partial charge is 0.354 e. The molecule has 0 aliphatic carbocycles. The van der Waals surface area contributed by atoms with Crippen LogP contribution in [0.25, 0.3) is 0 Å². The molecule has 3 heterocycles. The molecule has 0 aromatic carbocycles. The molecule has 0 unspecified atom stereocenters. The van der Waals surface area contributed by atoms with Crippen LogP contribution in [-0.2, 0) is 0 Å². The summed E-state index contributed by atoms with van der Waals surface area (Å²) in [4.78, 5) is 43.0. The molecular formula is C13H9N3O4. The highest BCUT2D eigenvalue weighted by Gasteiger charge is 2.39. The number of aromatic carboxylic acids is 1. The van der Waals surface area contributed by atoms with Crippen LogP contribution in [0.2, 0.25) is 0 Å². The second-order valence-electron chi connectivity index (χ2n) is 4.38. The van der Waals surface area contributed by atoms with Gasteiger partial charge in [-0.2, -0.15) is 0 Å². The van der Waals surface area contributed by atoms with E-state index >= 15 is 0 Å². The number of hydrogen-bond acceptors (Lipinski definition) is 4. The number of carbonyl (C=O) groups is 3. The van der Waals surface area contributed by atoms with Crippen LogP contribution in [0.1, 0.15) is 36.9 Å². The van der Waals surface area contributed by atoms with E-state index in [0.717, 1.165) is 4.90 Å². The van der Waals surface area contributed by atoms with Gasteiger partial charge in [0.05, 0.1) is 16.8 Å². The van der Waals surface area contributed by atoms with Crippen LogP contribution in [0.5, 0.6) is 0 Å². The number of nitrogens with one attached hydrogen (secondary N) is 1. The average Bonchev–Trinajstić information content (AvgIpc) is 2.90. The van der Waals surface area contributed by atoms with Crippen molar-refractivity contribution in [2.45, 2.75) is 6.92 Å². The van der Waals surface area contributed by atoms with Gasteiger partial charge in [0.1, 0.15) is 5.69 Å². The molecule has 0 spiro atoms. The van der Waals surface area contributed by atoms with Crippen LogP contribution in [0, 0.1) is 6.92 Å². The van der Waals surface area contributed by atoms with Gasteiger partial charge in [-0.05, 0) is 19.1 Å². The van der Waals surface area contributed by atoms with Crippen LogP contribution in [0.3, 0.4) is 0 Å². The van der Waals surface area contributed by atoms with Gasteiger partial charge in [-0.25, -0.2) is 9.69 Å². The predicted octanol–water partition coefficient (Wildman–Crippen LogP) is 1.22. The summed E-state index contributed by atoms with van der Waals surface area (Å²) in [6.45, 7) is 1.65. The van der Waals surface area contributed by atoms with Gasteiger partial charge in [0.2, 0.25) is 0 Å². The predicted molar refractivity (Wildman–Crippen MR) is 67.9 cm³/mol. The number of pyridine rings is 1. The SMILES string of the molecule is Cc1cc(N2C(=O)c3ccncc3C2=O)c(C(=O)O)[nH]1. The number of carbonyl (C=O) groups excluding carboxylic acids is 2. The zero-order valence-corrected chi connectivity index (χ0v) is 10.4. The number of rotatable bonds is 2. The lowest BCUT2D eigenvalue weighted by molar-refractivity contribution is 0.0692. The quantitative estimate of drug-likeness (QED) is 0.799. The number of anilines is 1. The van der Waals surface area contributed by atoms with Gasteiger partial charge in [-0.1, -0.05) is 0 Å². The third-order valence-corrected chi connectivity index (χ3v) is 3.07. The first-order valence-corrected chi connectivity index (χ1v) is 5.76. The van der Waals surface area contributed by atoms with Crippen molar-refractivity contribution in [2.75, 3.05) is 4.90 Å². The Balaban J connectivity index is 2.17. The van der Waals surface area contributed by atoms with Gasteiger partial charge < -0.3 is 10.1 Å². The minimum Gasteiger partial charge on any atom is -0.477 e. The van der Waals surface area contributed by atoms with Crippen molar-refractivity contribution in [3.63, 3.8) is 0 Å². The topological polar surface area (TPSA) is 103 Å². The van der Waals surface area contributed by atoms with Crippen LogP contribution >= 0.6 is 0 Å². The lowest BCUT2D eigenvalue weighted by Crippen LogP contribution is -2.30. The highest BCUT2D eigenvalue weighted by Crippen LogP contribution is 2.30. The van der Waals surface area contributed by atoms with Gasteiger partial charge in [0.15, 0.2) is 0 Å². The number of H-pyrrole nitrogens is 1. The maximum absolute atomic E-state index is 12.3. The minimum atomic E-state index is -1.23. The Labute approximate surface area is 112 Å². The normalized spacial score (nSPS) is 13.8. The van der Waals surface area contributed by atoms with Gasteiger partial charge in [-0.3, -0.25) is 14.6 Å². The lowest BCUT2D eigenvalue weighted by atomic mass is 10.2. The summed E-state index contributed by atoms with van der Waals surface area (Å²) in [5.74, 6) is -2.35. The number of aryl methyl sites for hydroxylation is 1. The van der Waals surface area contributed by atoms with Crippen LogP contribution in [0.15, 0.2) is 24.5 Å². The lowest BCUT2D eigenvalue weighted by Gasteiger charge is -2.12. The van der Waals surface area contributed by atoms with E-state index in [9.17, 15) is 14.4 Å². The molecule has 0 bridgehead atoms. The zero-order valence-electron chi connectivity index (χ0n) is 10.4. The molecule has 2 aromatic heterocycles. The first kappa shape index (κ1) is 12.1. The molecule has 7 heteroatoms. The molecule has 0 saturated carbocycles. The molecule has 1 aliphatic rings. The third-order valence-electron chi connectivity index (χ3n) is 3.07. The highest BCUT2D eigenvalue weighted by molar-refractivity contribution is 6.35.